The van der Waals surface area contributed by atoms with Gasteiger partial charge in [-0.2, -0.15) is 5.10 Å². The molecule has 0 saturated heterocycles. The number of urea groups is 1. The van der Waals surface area contributed by atoms with E-state index in [4.69, 9.17) is 9.84 Å². The van der Waals surface area contributed by atoms with Crippen LogP contribution in [0.5, 0.6) is 5.75 Å². The van der Waals surface area contributed by atoms with Crippen molar-refractivity contribution in [2.24, 2.45) is 0 Å². The van der Waals surface area contributed by atoms with Crippen molar-refractivity contribution in [2.75, 3.05) is 13.7 Å². The summed E-state index contributed by atoms with van der Waals surface area (Å²) in [5.41, 5.74) is 4.39. The molecule has 6 heteroatoms. The average molecular weight is 354 g/mol. The lowest BCUT2D eigenvalue weighted by molar-refractivity contribution is 0.239. The first-order valence-corrected chi connectivity index (χ1v) is 8.96. The third kappa shape index (κ3) is 3.59. The van der Waals surface area contributed by atoms with Crippen molar-refractivity contribution in [3.63, 3.8) is 0 Å². The van der Waals surface area contributed by atoms with E-state index in [0.29, 0.717) is 6.54 Å². The maximum absolute atomic E-state index is 11.7. The van der Waals surface area contributed by atoms with Gasteiger partial charge in [0.1, 0.15) is 5.75 Å². The molecule has 2 N–H and O–H groups in total. The van der Waals surface area contributed by atoms with E-state index in [1.807, 2.05) is 42.8 Å². The number of ether oxygens (including phenoxy) is 1. The summed E-state index contributed by atoms with van der Waals surface area (Å²) >= 11 is 0. The number of amides is 2. The molecule has 0 aliphatic heterocycles. The Kier molecular flexibility index (Phi) is 5.30. The van der Waals surface area contributed by atoms with Gasteiger partial charge >= 0.3 is 6.03 Å². The molecule has 1 aromatic carbocycles. The first kappa shape index (κ1) is 18.0. The average Bonchev–Trinajstić information content (AvgIpc) is 3.19. The Morgan fingerprint density at radius 2 is 2.00 bits per heavy atom. The van der Waals surface area contributed by atoms with Gasteiger partial charge in [-0.15, -0.1) is 0 Å². The number of carbonyl (C=O) groups excluding carboxylic acids is 1. The van der Waals surface area contributed by atoms with Crippen molar-refractivity contribution in [1.29, 1.82) is 0 Å². The van der Waals surface area contributed by atoms with Gasteiger partial charge < -0.3 is 15.4 Å². The van der Waals surface area contributed by atoms with Crippen molar-refractivity contribution in [3.05, 3.63) is 53.4 Å². The van der Waals surface area contributed by atoms with Crippen LogP contribution in [0.1, 0.15) is 36.2 Å². The van der Waals surface area contributed by atoms with Gasteiger partial charge in [0.2, 0.25) is 0 Å². The number of aryl methyl sites for hydroxylation is 1. The van der Waals surface area contributed by atoms with E-state index in [2.05, 4.69) is 29.7 Å². The summed E-state index contributed by atoms with van der Waals surface area (Å²) < 4.78 is 7.20. The summed E-state index contributed by atoms with van der Waals surface area (Å²) in [5, 5.41) is 10.5. The molecular formula is C20H26N4O2. The maximum atomic E-state index is 11.7. The number of nitrogens with one attached hydrogen (secondary N) is 2. The molecule has 0 saturated carbocycles. The summed E-state index contributed by atoms with van der Waals surface area (Å²) in [5.74, 6) is 1.09. The van der Waals surface area contributed by atoms with Gasteiger partial charge in [0.05, 0.1) is 18.5 Å². The summed E-state index contributed by atoms with van der Waals surface area (Å²) in [6, 6.07) is 7.82. The van der Waals surface area contributed by atoms with Gasteiger partial charge in [-0.25, -0.2) is 9.48 Å². The minimum absolute atomic E-state index is 0.0506. The molecule has 1 aliphatic carbocycles. The fourth-order valence-electron chi connectivity index (χ4n) is 3.57. The third-order valence-electron chi connectivity index (χ3n) is 4.77. The predicted molar refractivity (Wildman–Crippen MR) is 102 cm³/mol. The molecule has 0 radical (unpaired) electrons. The molecule has 1 heterocycles. The maximum Gasteiger partial charge on any atom is 0.315 e. The zero-order chi connectivity index (χ0) is 18.7. The molecule has 3 rings (SSSR count). The van der Waals surface area contributed by atoms with Crippen LogP contribution in [0.2, 0.25) is 0 Å². The number of benzene rings is 1. The van der Waals surface area contributed by atoms with Crippen molar-refractivity contribution < 1.29 is 9.53 Å². The van der Waals surface area contributed by atoms with Crippen LogP contribution in [0.15, 0.2) is 36.4 Å². The van der Waals surface area contributed by atoms with E-state index in [0.717, 1.165) is 29.2 Å². The molecule has 2 atom stereocenters. The second-order valence-electron chi connectivity index (χ2n) is 6.53. The van der Waals surface area contributed by atoms with Crippen LogP contribution in [-0.2, 0) is 0 Å². The molecular weight excluding hydrogens is 328 g/mol. The highest BCUT2D eigenvalue weighted by atomic mass is 16.5. The lowest BCUT2D eigenvalue weighted by Crippen LogP contribution is -2.40. The van der Waals surface area contributed by atoms with Crippen LogP contribution >= 0.6 is 0 Å². The number of rotatable bonds is 5. The predicted octanol–water partition coefficient (Wildman–Crippen LogP) is 3.23. The summed E-state index contributed by atoms with van der Waals surface area (Å²) in [6.45, 7) is 6.67. The first-order valence-electron chi connectivity index (χ1n) is 8.96. The van der Waals surface area contributed by atoms with E-state index < -0.39 is 0 Å². The molecule has 1 aromatic heterocycles. The Bertz CT molecular complexity index is 808. The smallest absolute Gasteiger partial charge is 0.315 e. The number of methoxy groups -OCH3 is 1. The Hall–Kier alpha value is -2.76. The molecule has 1 aliphatic rings. The number of hydrogen-bond donors (Lipinski definition) is 2. The van der Waals surface area contributed by atoms with E-state index in [-0.39, 0.29) is 18.0 Å². The SMILES string of the molecule is CCNC(=O)NC1C=CC(c2c(C)nn(-c3ccc(OC)cc3)c2C)C1. The van der Waals surface area contributed by atoms with Crippen LogP contribution < -0.4 is 15.4 Å². The Balaban J connectivity index is 1.78. The number of carbonyl (C=O) groups is 1. The lowest BCUT2D eigenvalue weighted by atomic mass is 9.96. The van der Waals surface area contributed by atoms with Gasteiger partial charge in [-0.05, 0) is 51.5 Å². The molecule has 0 bridgehead atoms. The quantitative estimate of drug-likeness (QED) is 0.810. The highest BCUT2D eigenvalue weighted by Crippen LogP contribution is 2.34. The van der Waals surface area contributed by atoms with Crippen LogP contribution in [-0.4, -0.2) is 35.5 Å². The van der Waals surface area contributed by atoms with Crippen LogP contribution in [0.3, 0.4) is 0 Å². The van der Waals surface area contributed by atoms with Crippen molar-refractivity contribution in [2.45, 2.75) is 39.2 Å². The minimum atomic E-state index is -0.120. The molecule has 6 nitrogen and oxygen atoms in total. The number of nitrogens with zero attached hydrogens (tertiary/aromatic N) is 2. The van der Waals surface area contributed by atoms with Gasteiger partial charge in [0.15, 0.2) is 0 Å². The topological polar surface area (TPSA) is 68.2 Å². The van der Waals surface area contributed by atoms with E-state index >= 15 is 0 Å². The van der Waals surface area contributed by atoms with Crippen LogP contribution in [0, 0.1) is 13.8 Å². The highest BCUT2D eigenvalue weighted by molar-refractivity contribution is 5.74. The lowest BCUT2D eigenvalue weighted by Gasteiger charge is -2.15. The van der Waals surface area contributed by atoms with E-state index in [1.54, 1.807) is 7.11 Å². The third-order valence-corrected chi connectivity index (χ3v) is 4.77. The molecule has 0 fully saturated rings. The van der Waals surface area contributed by atoms with Crippen molar-refractivity contribution in [1.82, 2.24) is 20.4 Å². The Morgan fingerprint density at radius 1 is 1.27 bits per heavy atom. The molecule has 0 spiro atoms. The van der Waals surface area contributed by atoms with Crippen LogP contribution in [0.4, 0.5) is 4.79 Å². The van der Waals surface area contributed by atoms with Crippen LogP contribution in [0.25, 0.3) is 5.69 Å². The minimum Gasteiger partial charge on any atom is -0.497 e. The molecule has 2 unspecified atom stereocenters. The Labute approximate surface area is 154 Å². The first-order chi connectivity index (χ1) is 12.5. The number of aromatic nitrogens is 2. The normalized spacial score (nSPS) is 18.8. The monoisotopic (exact) mass is 354 g/mol. The van der Waals surface area contributed by atoms with Gasteiger partial charge in [0.25, 0.3) is 0 Å². The largest absolute Gasteiger partial charge is 0.497 e. The molecule has 26 heavy (non-hydrogen) atoms. The van der Waals surface area contributed by atoms with Crippen molar-refractivity contribution >= 4 is 6.03 Å². The van der Waals surface area contributed by atoms with Gasteiger partial charge in [-0.3, -0.25) is 0 Å². The van der Waals surface area contributed by atoms with E-state index in [1.165, 1.54) is 5.56 Å². The molecule has 138 valence electrons. The zero-order valence-electron chi connectivity index (χ0n) is 15.7. The fraction of sp³-hybridized carbons (Fsp3) is 0.400. The highest BCUT2D eigenvalue weighted by Gasteiger charge is 2.26. The second-order valence-corrected chi connectivity index (χ2v) is 6.53. The molecule has 2 amide bonds. The number of allylic oxidation sites excluding steroid dienone is 1. The second kappa shape index (κ2) is 7.64. The summed E-state index contributed by atoms with van der Waals surface area (Å²) in [6.07, 6.45) is 5.10. The van der Waals surface area contributed by atoms with Gasteiger partial charge in [-0.1, -0.05) is 12.2 Å². The summed E-state index contributed by atoms with van der Waals surface area (Å²) in [7, 11) is 1.66. The standard InChI is InChI=1S/C20H26N4O2/c1-5-21-20(25)22-16-7-6-15(12-16)19-13(2)23-24(14(19)3)17-8-10-18(26-4)11-9-17/h6-11,15-16H,5,12H2,1-4H3,(H2,21,22,25). The van der Waals surface area contributed by atoms with Crippen molar-refractivity contribution in [3.8, 4) is 11.4 Å². The van der Waals surface area contributed by atoms with E-state index in [9.17, 15) is 4.79 Å². The molecule has 2 aromatic rings. The number of hydrogen-bond acceptors (Lipinski definition) is 3. The van der Waals surface area contributed by atoms with Gasteiger partial charge in [0, 0.05) is 29.8 Å². The Morgan fingerprint density at radius 3 is 2.65 bits per heavy atom. The fourth-order valence-corrected chi connectivity index (χ4v) is 3.57. The zero-order valence-corrected chi connectivity index (χ0v) is 15.7. The summed E-state index contributed by atoms with van der Waals surface area (Å²) in [4.78, 5) is 11.7.